The van der Waals surface area contributed by atoms with E-state index in [1.165, 1.54) is 0 Å². The molecule has 0 aliphatic carbocycles. The number of hydrogen-bond acceptors (Lipinski definition) is 8. The molecule has 3 N–H and O–H groups in total. The zero-order valence-electron chi connectivity index (χ0n) is 22.6. The Hall–Kier alpha value is -3.88. The molecular formula is C27H26F3N4O8P. The number of phosphoric acid groups is 1. The first-order valence-electron chi connectivity index (χ1n) is 13.0. The molecular weight excluding hydrogens is 596 g/mol. The molecule has 1 spiro atoms. The van der Waals surface area contributed by atoms with Gasteiger partial charge < -0.3 is 24.6 Å². The van der Waals surface area contributed by atoms with Crippen LogP contribution in [-0.2, 0) is 24.8 Å². The number of fused-ring (bicyclic) bond motifs is 1. The number of phosphoric ester groups is 1. The van der Waals surface area contributed by atoms with Crippen LogP contribution < -0.4 is 15.0 Å². The summed E-state index contributed by atoms with van der Waals surface area (Å²) in [7, 11) is -4.89. The fourth-order valence-corrected chi connectivity index (χ4v) is 5.16. The van der Waals surface area contributed by atoms with E-state index in [9.17, 15) is 37.1 Å². The Balaban J connectivity index is 1.48. The summed E-state index contributed by atoms with van der Waals surface area (Å²) in [5, 5.41) is 9.33. The van der Waals surface area contributed by atoms with Gasteiger partial charge in [-0.05, 0) is 53.9 Å². The van der Waals surface area contributed by atoms with Crippen molar-refractivity contribution in [3.8, 4) is 16.9 Å². The number of alkyl halides is 3. The van der Waals surface area contributed by atoms with E-state index < -0.39 is 49.4 Å². The Labute approximate surface area is 243 Å². The molecule has 1 aromatic heterocycles. The molecule has 228 valence electrons. The largest absolute Gasteiger partial charge is 0.484 e. The highest BCUT2D eigenvalue weighted by Gasteiger charge is 2.43. The van der Waals surface area contributed by atoms with Crippen LogP contribution in [0.2, 0.25) is 0 Å². The highest BCUT2D eigenvalue weighted by Crippen LogP contribution is 2.44. The molecule has 0 saturated carbocycles. The minimum absolute atomic E-state index is 0.0656. The Morgan fingerprint density at radius 2 is 1.91 bits per heavy atom. The van der Waals surface area contributed by atoms with Gasteiger partial charge in [-0.25, -0.2) is 4.57 Å². The van der Waals surface area contributed by atoms with Crippen molar-refractivity contribution in [1.82, 2.24) is 10.2 Å². The average molecular weight is 622 g/mol. The van der Waals surface area contributed by atoms with Crippen LogP contribution in [0.4, 0.5) is 24.5 Å². The van der Waals surface area contributed by atoms with Gasteiger partial charge in [-0.15, -0.1) is 5.10 Å². The van der Waals surface area contributed by atoms with Gasteiger partial charge in [0, 0.05) is 18.5 Å². The number of amides is 2. The van der Waals surface area contributed by atoms with Gasteiger partial charge in [-0.1, -0.05) is 12.1 Å². The molecule has 3 heterocycles. The summed E-state index contributed by atoms with van der Waals surface area (Å²) in [5.74, 6) is -1.06. The van der Waals surface area contributed by atoms with Crippen molar-refractivity contribution in [3.05, 3.63) is 65.5 Å². The van der Waals surface area contributed by atoms with E-state index in [1.54, 1.807) is 36.4 Å². The molecule has 1 fully saturated rings. The molecule has 16 heteroatoms. The Bertz CT molecular complexity index is 1610. The number of ether oxygens (including phenoxy) is 2. The first-order valence-corrected chi connectivity index (χ1v) is 14.5. The first-order chi connectivity index (χ1) is 20.2. The van der Waals surface area contributed by atoms with E-state index in [1.807, 2.05) is 6.92 Å². The van der Waals surface area contributed by atoms with E-state index >= 15 is 0 Å². The maximum atomic E-state index is 13.3. The summed E-state index contributed by atoms with van der Waals surface area (Å²) in [5.41, 5.74) is 0.0135. The van der Waals surface area contributed by atoms with E-state index in [4.69, 9.17) is 9.47 Å². The lowest BCUT2D eigenvalue weighted by Gasteiger charge is -2.35. The molecule has 2 aliphatic rings. The van der Waals surface area contributed by atoms with Gasteiger partial charge in [0.15, 0.2) is 5.69 Å². The molecule has 5 rings (SSSR count). The highest BCUT2D eigenvalue weighted by molar-refractivity contribution is 7.46. The van der Waals surface area contributed by atoms with Crippen LogP contribution in [0.5, 0.6) is 5.75 Å². The van der Waals surface area contributed by atoms with E-state index in [2.05, 4.69) is 20.0 Å². The number of halogens is 3. The molecule has 43 heavy (non-hydrogen) atoms. The number of nitrogens with zero attached hydrogens (tertiary/aromatic N) is 3. The number of hydrogen-bond donors (Lipinski definition) is 3. The molecule has 0 unspecified atom stereocenters. The molecule has 12 nitrogen and oxygen atoms in total. The number of aromatic nitrogens is 2. The number of benzene rings is 2. The molecule has 2 amide bonds. The lowest BCUT2D eigenvalue weighted by molar-refractivity contribution is -0.138. The van der Waals surface area contributed by atoms with Gasteiger partial charge in [0.2, 0.25) is 5.91 Å². The Kier molecular flexibility index (Phi) is 8.29. The average Bonchev–Trinajstić information content (AvgIpc) is 3.05. The van der Waals surface area contributed by atoms with Crippen molar-refractivity contribution in [3.63, 3.8) is 0 Å². The van der Waals surface area contributed by atoms with Crippen molar-refractivity contribution in [1.29, 1.82) is 0 Å². The quantitative estimate of drug-likeness (QED) is 0.335. The Morgan fingerprint density at radius 1 is 1.16 bits per heavy atom. The summed E-state index contributed by atoms with van der Waals surface area (Å²) >= 11 is 0. The van der Waals surface area contributed by atoms with Gasteiger partial charge in [0.1, 0.15) is 18.1 Å². The number of aryl methyl sites for hydroxylation is 1. The minimum atomic E-state index is -4.89. The second-order valence-electron chi connectivity index (χ2n) is 10.1. The van der Waals surface area contributed by atoms with Gasteiger partial charge in [0.05, 0.1) is 37.1 Å². The van der Waals surface area contributed by atoms with Crippen molar-refractivity contribution in [2.45, 2.75) is 38.0 Å². The lowest BCUT2D eigenvalue weighted by Crippen LogP contribution is -2.45. The van der Waals surface area contributed by atoms with Crippen LogP contribution in [0.15, 0.2) is 48.7 Å². The second kappa shape index (κ2) is 11.7. The predicted molar refractivity (Wildman–Crippen MR) is 145 cm³/mol. The van der Waals surface area contributed by atoms with E-state index in [0.717, 1.165) is 10.5 Å². The van der Waals surface area contributed by atoms with E-state index in [0.29, 0.717) is 49.4 Å². The molecule has 0 atom stereocenters. The molecule has 0 radical (unpaired) electrons. The summed E-state index contributed by atoms with van der Waals surface area (Å²) in [4.78, 5) is 45.6. The van der Waals surface area contributed by atoms with Gasteiger partial charge >= 0.3 is 14.0 Å². The number of rotatable bonds is 6. The SMILES string of the molecule is Cc1ccc(NC(=O)c2cc(C(F)(F)F)cnn2)cc1-c1ccc2c(c1)OC1(CCOCC1)CC(=O)N2COP(=O)(O)O. The first kappa shape index (κ1) is 30.6. The van der Waals surface area contributed by atoms with Crippen molar-refractivity contribution >= 4 is 31.0 Å². The van der Waals surface area contributed by atoms with Crippen LogP contribution >= 0.6 is 7.82 Å². The third kappa shape index (κ3) is 7.03. The smallest absolute Gasteiger partial charge is 0.471 e. The minimum Gasteiger partial charge on any atom is -0.484 e. The zero-order valence-corrected chi connectivity index (χ0v) is 23.5. The van der Waals surface area contributed by atoms with Crippen molar-refractivity contribution < 1.29 is 51.1 Å². The fourth-order valence-electron chi connectivity index (χ4n) is 4.90. The highest BCUT2D eigenvalue weighted by atomic mass is 31.2. The number of carbonyl (C=O) groups is 2. The summed E-state index contributed by atoms with van der Waals surface area (Å²) in [6.45, 7) is 1.83. The summed E-state index contributed by atoms with van der Waals surface area (Å²) in [6, 6.07) is 10.4. The van der Waals surface area contributed by atoms with Crippen molar-refractivity contribution in [2.75, 3.05) is 30.2 Å². The Morgan fingerprint density at radius 3 is 2.60 bits per heavy atom. The van der Waals surface area contributed by atoms with Crippen LogP contribution in [0.1, 0.15) is 40.9 Å². The maximum Gasteiger partial charge on any atom is 0.471 e. The van der Waals surface area contributed by atoms with Crippen LogP contribution in [0.3, 0.4) is 0 Å². The third-order valence-electron chi connectivity index (χ3n) is 7.13. The van der Waals surface area contributed by atoms with Gasteiger partial charge in [0.25, 0.3) is 5.91 Å². The van der Waals surface area contributed by atoms with Gasteiger partial charge in [-0.2, -0.15) is 18.3 Å². The van der Waals surface area contributed by atoms with Crippen LogP contribution in [0, 0.1) is 6.92 Å². The van der Waals surface area contributed by atoms with Crippen molar-refractivity contribution in [2.24, 2.45) is 0 Å². The fraction of sp³-hybridized carbons (Fsp3) is 0.333. The van der Waals surface area contributed by atoms with E-state index in [-0.39, 0.29) is 23.5 Å². The molecule has 3 aromatic rings. The normalized spacial score (nSPS) is 16.8. The number of anilines is 2. The van der Waals surface area contributed by atoms with Crippen LogP contribution in [-0.4, -0.2) is 57.3 Å². The number of carbonyl (C=O) groups excluding carboxylic acids is 2. The monoisotopic (exact) mass is 622 g/mol. The maximum absolute atomic E-state index is 13.3. The lowest BCUT2D eigenvalue weighted by atomic mass is 9.90. The third-order valence-corrected chi connectivity index (χ3v) is 7.58. The molecule has 1 saturated heterocycles. The topological polar surface area (TPSA) is 160 Å². The molecule has 2 aliphatic heterocycles. The summed E-state index contributed by atoms with van der Waals surface area (Å²) in [6.07, 6.45) is -3.41. The summed E-state index contributed by atoms with van der Waals surface area (Å²) < 4.78 is 67.2. The standard InChI is InChI=1S/C27H26F3N4O8P/c1-16-2-4-19(32-25(36)21-11-18(14-31-33-21)27(28,29)30)12-20(16)17-3-5-22-23(10-17)42-26(6-8-40-9-7-26)13-24(35)34(22)15-41-43(37,38)39/h2-5,10-12,14H,6-9,13,15H2,1H3,(H,32,36)(H2,37,38,39). The predicted octanol–water partition coefficient (Wildman–Crippen LogP) is 4.45. The van der Waals surface area contributed by atoms with Crippen LogP contribution in [0.25, 0.3) is 11.1 Å². The van der Waals surface area contributed by atoms with Gasteiger partial charge in [-0.3, -0.25) is 19.0 Å². The second-order valence-corrected chi connectivity index (χ2v) is 11.4. The zero-order chi connectivity index (χ0) is 31.0. The molecule has 2 aromatic carbocycles. The number of nitrogens with one attached hydrogen (secondary N) is 1. The molecule has 0 bridgehead atoms.